The van der Waals surface area contributed by atoms with E-state index in [2.05, 4.69) is 45.0 Å². The second-order valence-corrected chi connectivity index (χ2v) is 5.33. The molecule has 2 rings (SSSR count). The summed E-state index contributed by atoms with van der Waals surface area (Å²) >= 11 is 0. The fourth-order valence-electron chi connectivity index (χ4n) is 2.80. The monoisotopic (exact) mass is 230 g/mol. The molecule has 0 N–H and O–H groups in total. The van der Waals surface area contributed by atoms with Gasteiger partial charge in [-0.2, -0.15) is 0 Å². The molecular formula is C16H22O. The molecule has 0 aromatic heterocycles. The molecule has 1 aliphatic rings. The van der Waals surface area contributed by atoms with E-state index in [4.69, 9.17) is 4.74 Å². The van der Waals surface area contributed by atoms with Crippen molar-refractivity contribution in [3.05, 3.63) is 41.0 Å². The molecule has 0 aliphatic heterocycles. The maximum atomic E-state index is 5.21. The second-order valence-electron chi connectivity index (χ2n) is 5.33. The molecule has 1 aliphatic carbocycles. The molecule has 1 aromatic rings. The quantitative estimate of drug-likeness (QED) is 0.677. The Morgan fingerprint density at radius 2 is 1.59 bits per heavy atom. The molecule has 1 heteroatoms. The summed E-state index contributed by atoms with van der Waals surface area (Å²) in [7, 11) is 1.72. The Morgan fingerprint density at radius 1 is 1.00 bits per heavy atom. The highest BCUT2D eigenvalue weighted by atomic mass is 16.5. The summed E-state index contributed by atoms with van der Waals surface area (Å²) < 4.78 is 5.21. The summed E-state index contributed by atoms with van der Waals surface area (Å²) in [5.74, 6) is 2.36. The van der Waals surface area contributed by atoms with Gasteiger partial charge in [0.1, 0.15) is 5.75 Å². The molecule has 0 saturated carbocycles. The van der Waals surface area contributed by atoms with Gasteiger partial charge in [0.15, 0.2) is 0 Å². The van der Waals surface area contributed by atoms with Crippen molar-refractivity contribution < 1.29 is 4.74 Å². The van der Waals surface area contributed by atoms with Crippen molar-refractivity contribution in [1.29, 1.82) is 0 Å². The van der Waals surface area contributed by atoms with Gasteiger partial charge < -0.3 is 4.74 Å². The van der Waals surface area contributed by atoms with Crippen LogP contribution >= 0.6 is 0 Å². The Kier molecular flexibility index (Phi) is 3.56. The standard InChI is InChI=1S/C16H22O/c1-11-9-13(3)16(10-12(11)2)14-5-7-15(17-4)8-6-14/h5-8,13,16H,9-10H2,1-4H3. The van der Waals surface area contributed by atoms with Gasteiger partial charge in [-0.25, -0.2) is 0 Å². The number of allylic oxidation sites excluding steroid dienone is 2. The molecule has 0 radical (unpaired) electrons. The first kappa shape index (κ1) is 12.2. The molecule has 1 nitrogen and oxygen atoms in total. The Labute approximate surface area is 104 Å². The average Bonchev–Trinajstić information content (AvgIpc) is 2.34. The number of methoxy groups -OCH3 is 1. The Hall–Kier alpha value is -1.24. The van der Waals surface area contributed by atoms with Crippen molar-refractivity contribution in [2.45, 2.75) is 39.5 Å². The van der Waals surface area contributed by atoms with E-state index in [0.717, 1.165) is 11.7 Å². The summed E-state index contributed by atoms with van der Waals surface area (Å²) in [6.07, 6.45) is 2.45. The van der Waals surface area contributed by atoms with Crippen molar-refractivity contribution >= 4 is 0 Å². The lowest BCUT2D eigenvalue weighted by molar-refractivity contribution is 0.410. The number of benzene rings is 1. The summed E-state index contributed by atoms with van der Waals surface area (Å²) in [6, 6.07) is 8.58. The molecule has 1 aromatic carbocycles. The van der Waals surface area contributed by atoms with Crippen LogP contribution in [0, 0.1) is 5.92 Å². The molecule has 0 amide bonds. The average molecular weight is 230 g/mol. The molecule has 0 heterocycles. The van der Waals surface area contributed by atoms with Crippen LogP contribution in [-0.2, 0) is 0 Å². The Balaban J connectivity index is 2.22. The number of ether oxygens (including phenoxy) is 1. The van der Waals surface area contributed by atoms with E-state index in [1.807, 2.05) is 0 Å². The van der Waals surface area contributed by atoms with E-state index in [1.54, 1.807) is 18.3 Å². The minimum Gasteiger partial charge on any atom is -0.497 e. The summed E-state index contributed by atoms with van der Waals surface area (Å²) in [5, 5.41) is 0. The third-order valence-electron chi connectivity index (χ3n) is 4.11. The highest BCUT2D eigenvalue weighted by molar-refractivity contribution is 5.32. The van der Waals surface area contributed by atoms with E-state index in [0.29, 0.717) is 5.92 Å². The van der Waals surface area contributed by atoms with Crippen LogP contribution in [0.25, 0.3) is 0 Å². The van der Waals surface area contributed by atoms with E-state index in [-0.39, 0.29) is 0 Å². The Morgan fingerprint density at radius 3 is 2.18 bits per heavy atom. The van der Waals surface area contributed by atoms with Crippen molar-refractivity contribution in [3.63, 3.8) is 0 Å². The first-order valence-electron chi connectivity index (χ1n) is 6.41. The van der Waals surface area contributed by atoms with Gasteiger partial charge in [0.05, 0.1) is 7.11 Å². The molecule has 92 valence electrons. The van der Waals surface area contributed by atoms with Crippen molar-refractivity contribution in [2.75, 3.05) is 7.11 Å². The Bertz CT molecular complexity index is 414. The third kappa shape index (κ3) is 2.54. The van der Waals surface area contributed by atoms with Gasteiger partial charge in [-0.1, -0.05) is 30.2 Å². The van der Waals surface area contributed by atoms with Crippen LogP contribution in [0.15, 0.2) is 35.4 Å². The van der Waals surface area contributed by atoms with E-state index < -0.39 is 0 Å². The van der Waals surface area contributed by atoms with Gasteiger partial charge >= 0.3 is 0 Å². The van der Waals surface area contributed by atoms with Gasteiger partial charge in [-0.15, -0.1) is 0 Å². The molecule has 0 fully saturated rings. The largest absolute Gasteiger partial charge is 0.497 e. The van der Waals surface area contributed by atoms with Crippen LogP contribution in [0.5, 0.6) is 5.75 Å². The number of hydrogen-bond acceptors (Lipinski definition) is 1. The molecule has 0 saturated heterocycles. The highest BCUT2D eigenvalue weighted by Crippen LogP contribution is 2.40. The number of hydrogen-bond donors (Lipinski definition) is 0. The lowest BCUT2D eigenvalue weighted by atomic mass is 9.74. The zero-order valence-corrected chi connectivity index (χ0v) is 11.3. The summed E-state index contributed by atoms with van der Waals surface area (Å²) in [4.78, 5) is 0. The molecule has 0 bridgehead atoms. The summed E-state index contributed by atoms with van der Waals surface area (Å²) in [5.41, 5.74) is 4.61. The maximum Gasteiger partial charge on any atom is 0.118 e. The molecule has 2 atom stereocenters. The fourth-order valence-corrected chi connectivity index (χ4v) is 2.80. The predicted octanol–water partition coefficient (Wildman–Crippen LogP) is 4.55. The minimum absolute atomic E-state index is 0.671. The predicted molar refractivity (Wildman–Crippen MR) is 72.5 cm³/mol. The molecule has 0 spiro atoms. The van der Waals surface area contributed by atoms with Crippen LogP contribution in [0.1, 0.15) is 45.1 Å². The van der Waals surface area contributed by atoms with Crippen LogP contribution in [0.2, 0.25) is 0 Å². The molecule has 2 unspecified atom stereocenters. The topological polar surface area (TPSA) is 9.23 Å². The van der Waals surface area contributed by atoms with Crippen LogP contribution < -0.4 is 4.74 Å². The highest BCUT2D eigenvalue weighted by Gasteiger charge is 2.24. The van der Waals surface area contributed by atoms with Gasteiger partial charge in [0.2, 0.25) is 0 Å². The molecule has 17 heavy (non-hydrogen) atoms. The van der Waals surface area contributed by atoms with Crippen LogP contribution in [-0.4, -0.2) is 7.11 Å². The van der Waals surface area contributed by atoms with Gasteiger partial charge in [0, 0.05) is 0 Å². The summed E-state index contributed by atoms with van der Waals surface area (Å²) in [6.45, 7) is 6.92. The van der Waals surface area contributed by atoms with Crippen molar-refractivity contribution in [2.24, 2.45) is 5.92 Å². The molecular weight excluding hydrogens is 208 g/mol. The van der Waals surface area contributed by atoms with Crippen molar-refractivity contribution in [3.8, 4) is 5.75 Å². The zero-order chi connectivity index (χ0) is 12.4. The van der Waals surface area contributed by atoms with Gasteiger partial charge in [-0.3, -0.25) is 0 Å². The SMILES string of the molecule is COc1ccc(C2CC(C)=C(C)CC2C)cc1. The van der Waals surface area contributed by atoms with E-state index >= 15 is 0 Å². The third-order valence-corrected chi connectivity index (χ3v) is 4.11. The van der Waals surface area contributed by atoms with Crippen LogP contribution in [0.4, 0.5) is 0 Å². The zero-order valence-electron chi connectivity index (χ0n) is 11.3. The smallest absolute Gasteiger partial charge is 0.118 e. The van der Waals surface area contributed by atoms with E-state index in [9.17, 15) is 0 Å². The second kappa shape index (κ2) is 4.95. The lowest BCUT2D eigenvalue weighted by Gasteiger charge is -2.31. The maximum absolute atomic E-state index is 5.21. The van der Waals surface area contributed by atoms with Crippen molar-refractivity contribution in [1.82, 2.24) is 0 Å². The van der Waals surface area contributed by atoms with E-state index in [1.165, 1.54) is 18.4 Å². The van der Waals surface area contributed by atoms with Gasteiger partial charge in [0.25, 0.3) is 0 Å². The minimum atomic E-state index is 0.671. The first-order chi connectivity index (χ1) is 8.11. The fraction of sp³-hybridized carbons (Fsp3) is 0.500. The lowest BCUT2D eigenvalue weighted by Crippen LogP contribution is -2.16. The first-order valence-corrected chi connectivity index (χ1v) is 6.41. The normalized spacial score (nSPS) is 24.9. The van der Waals surface area contributed by atoms with Crippen LogP contribution in [0.3, 0.4) is 0 Å². The number of rotatable bonds is 2. The van der Waals surface area contributed by atoms with Gasteiger partial charge in [-0.05, 0) is 56.2 Å².